The number of rotatable bonds is 4. The van der Waals surface area contributed by atoms with E-state index in [9.17, 15) is 0 Å². The fourth-order valence-electron chi connectivity index (χ4n) is 2.87. The molecule has 0 aromatic heterocycles. The van der Waals surface area contributed by atoms with Crippen molar-refractivity contribution in [1.29, 1.82) is 0 Å². The number of nitrogens with two attached hydrogens (primary N) is 1. The fraction of sp³-hybridized carbons (Fsp3) is 0.600. The summed E-state index contributed by atoms with van der Waals surface area (Å²) in [7, 11) is 1.79. The molecule has 1 saturated carbocycles. The molecule has 4 nitrogen and oxygen atoms in total. The molecule has 0 amide bonds. The van der Waals surface area contributed by atoms with E-state index in [1.807, 2.05) is 18.2 Å². The van der Waals surface area contributed by atoms with Gasteiger partial charge in [0.05, 0.1) is 5.60 Å². The first kappa shape index (κ1) is 12.8. The van der Waals surface area contributed by atoms with Gasteiger partial charge in [-0.15, -0.1) is 0 Å². The van der Waals surface area contributed by atoms with Crippen molar-refractivity contribution in [3.05, 3.63) is 23.8 Å². The highest BCUT2D eigenvalue weighted by atomic mass is 16.6. The molecule has 2 N–H and O–H groups in total. The maximum absolute atomic E-state index is 6.32. The van der Waals surface area contributed by atoms with Crippen molar-refractivity contribution >= 4 is 0 Å². The number of fused-ring (bicyclic) bond motifs is 1. The van der Waals surface area contributed by atoms with Gasteiger partial charge in [-0.3, -0.25) is 0 Å². The van der Waals surface area contributed by atoms with Gasteiger partial charge in [-0.1, -0.05) is 6.07 Å². The van der Waals surface area contributed by atoms with E-state index in [0.717, 1.165) is 36.3 Å². The van der Waals surface area contributed by atoms with Gasteiger partial charge in [0.2, 0.25) is 0 Å². The summed E-state index contributed by atoms with van der Waals surface area (Å²) in [6.45, 7) is 1.22. The molecule has 2 aliphatic rings. The second-order valence-electron chi connectivity index (χ2n) is 5.45. The quantitative estimate of drug-likeness (QED) is 0.906. The van der Waals surface area contributed by atoms with E-state index >= 15 is 0 Å². The van der Waals surface area contributed by atoms with Gasteiger partial charge < -0.3 is 19.9 Å². The minimum atomic E-state index is -0.0175. The molecular formula is C15H21NO3. The summed E-state index contributed by atoms with van der Waals surface area (Å²) in [6, 6.07) is 5.96. The number of ether oxygens (including phenoxy) is 3. The molecule has 19 heavy (non-hydrogen) atoms. The molecule has 1 atom stereocenters. The molecule has 4 heteroatoms. The number of benzene rings is 1. The fourth-order valence-corrected chi connectivity index (χ4v) is 2.87. The van der Waals surface area contributed by atoms with Crippen LogP contribution in [-0.2, 0) is 4.74 Å². The van der Waals surface area contributed by atoms with Gasteiger partial charge in [0.15, 0.2) is 11.5 Å². The maximum Gasteiger partial charge on any atom is 0.161 e. The second-order valence-corrected chi connectivity index (χ2v) is 5.45. The predicted octanol–water partition coefficient (Wildman–Crippen LogP) is 2.42. The normalized spacial score (nSPS) is 21.6. The SMILES string of the molecule is COC1(CC(N)c2ccc3c(c2)OCCO3)CCC1. The van der Waals surface area contributed by atoms with E-state index in [0.29, 0.717) is 13.2 Å². The lowest BCUT2D eigenvalue weighted by atomic mass is 9.75. The Morgan fingerprint density at radius 1 is 1.26 bits per heavy atom. The van der Waals surface area contributed by atoms with E-state index in [4.69, 9.17) is 19.9 Å². The summed E-state index contributed by atoms with van der Waals surface area (Å²) in [5, 5.41) is 0. The number of hydrogen-bond acceptors (Lipinski definition) is 4. The molecular weight excluding hydrogens is 242 g/mol. The zero-order chi connectivity index (χ0) is 13.3. The van der Waals surface area contributed by atoms with Crippen LogP contribution in [0, 0.1) is 0 Å². The number of methoxy groups -OCH3 is 1. The van der Waals surface area contributed by atoms with Gasteiger partial charge >= 0.3 is 0 Å². The summed E-state index contributed by atoms with van der Waals surface area (Å²) in [6.07, 6.45) is 4.33. The highest BCUT2D eigenvalue weighted by molar-refractivity contribution is 5.44. The van der Waals surface area contributed by atoms with E-state index in [2.05, 4.69) is 0 Å². The first-order chi connectivity index (χ1) is 9.22. The Bertz CT molecular complexity index is 451. The van der Waals surface area contributed by atoms with Crippen molar-refractivity contribution in [2.24, 2.45) is 5.73 Å². The Morgan fingerprint density at radius 3 is 2.63 bits per heavy atom. The van der Waals surface area contributed by atoms with Gasteiger partial charge in [0, 0.05) is 13.2 Å². The largest absolute Gasteiger partial charge is 0.486 e. The van der Waals surface area contributed by atoms with Crippen LogP contribution in [0.2, 0.25) is 0 Å². The summed E-state index contributed by atoms with van der Waals surface area (Å²) in [4.78, 5) is 0. The first-order valence-corrected chi connectivity index (χ1v) is 6.93. The van der Waals surface area contributed by atoms with Crippen LogP contribution in [0.15, 0.2) is 18.2 Å². The lowest BCUT2D eigenvalue weighted by Gasteiger charge is -2.42. The van der Waals surface area contributed by atoms with E-state index < -0.39 is 0 Å². The lowest BCUT2D eigenvalue weighted by molar-refractivity contribution is -0.0817. The highest BCUT2D eigenvalue weighted by Gasteiger charge is 2.38. The van der Waals surface area contributed by atoms with Crippen molar-refractivity contribution < 1.29 is 14.2 Å². The Morgan fingerprint density at radius 2 is 2.00 bits per heavy atom. The summed E-state index contributed by atoms with van der Waals surface area (Å²) >= 11 is 0. The van der Waals surface area contributed by atoms with Crippen LogP contribution in [0.1, 0.15) is 37.3 Å². The summed E-state index contributed by atoms with van der Waals surface area (Å²) in [5.41, 5.74) is 7.41. The molecule has 0 spiro atoms. The van der Waals surface area contributed by atoms with Gasteiger partial charge in [-0.25, -0.2) is 0 Å². The highest BCUT2D eigenvalue weighted by Crippen LogP contribution is 2.42. The Balaban J connectivity index is 1.74. The molecule has 0 saturated heterocycles. The van der Waals surface area contributed by atoms with Crippen LogP contribution >= 0.6 is 0 Å². The van der Waals surface area contributed by atoms with Gasteiger partial charge in [-0.05, 0) is 43.4 Å². The van der Waals surface area contributed by atoms with E-state index in [1.54, 1.807) is 7.11 Å². The molecule has 1 heterocycles. The summed E-state index contributed by atoms with van der Waals surface area (Å²) in [5.74, 6) is 1.62. The van der Waals surface area contributed by atoms with Crippen LogP contribution in [0.3, 0.4) is 0 Å². The molecule has 1 aromatic rings. The monoisotopic (exact) mass is 263 g/mol. The smallest absolute Gasteiger partial charge is 0.161 e. The van der Waals surface area contributed by atoms with Gasteiger partial charge in [0.1, 0.15) is 13.2 Å². The van der Waals surface area contributed by atoms with Crippen LogP contribution in [0.25, 0.3) is 0 Å². The topological polar surface area (TPSA) is 53.7 Å². The third-order valence-electron chi connectivity index (χ3n) is 4.28. The molecule has 1 aliphatic carbocycles. The van der Waals surface area contributed by atoms with Crippen LogP contribution in [0.5, 0.6) is 11.5 Å². The van der Waals surface area contributed by atoms with Crippen molar-refractivity contribution in [1.82, 2.24) is 0 Å². The van der Waals surface area contributed by atoms with Crippen molar-refractivity contribution in [3.8, 4) is 11.5 Å². The van der Waals surface area contributed by atoms with Crippen LogP contribution < -0.4 is 15.2 Å². The molecule has 1 aliphatic heterocycles. The van der Waals surface area contributed by atoms with Crippen molar-refractivity contribution in [3.63, 3.8) is 0 Å². The Hall–Kier alpha value is -1.26. The van der Waals surface area contributed by atoms with Crippen molar-refractivity contribution in [2.75, 3.05) is 20.3 Å². The van der Waals surface area contributed by atoms with E-state index in [1.165, 1.54) is 6.42 Å². The second kappa shape index (κ2) is 5.02. The first-order valence-electron chi connectivity index (χ1n) is 6.93. The van der Waals surface area contributed by atoms with Gasteiger partial charge in [0.25, 0.3) is 0 Å². The van der Waals surface area contributed by atoms with E-state index in [-0.39, 0.29) is 11.6 Å². The molecule has 104 valence electrons. The molecule has 1 fully saturated rings. The third kappa shape index (κ3) is 2.42. The zero-order valence-corrected chi connectivity index (χ0v) is 11.4. The standard InChI is InChI=1S/C15H21NO3/c1-17-15(5-2-6-15)10-12(16)11-3-4-13-14(9-11)19-8-7-18-13/h3-4,9,12H,2,5-8,10,16H2,1H3. The zero-order valence-electron chi connectivity index (χ0n) is 11.4. The molecule has 0 radical (unpaired) electrons. The Labute approximate surface area is 113 Å². The number of hydrogen-bond donors (Lipinski definition) is 1. The average molecular weight is 263 g/mol. The van der Waals surface area contributed by atoms with Crippen LogP contribution in [0.4, 0.5) is 0 Å². The molecule has 0 bridgehead atoms. The summed E-state index contributed by atoms with van der Waals surface area (Å²) < 4.78 is 16.8. The lowest BCUT2D eigenvalue weighted by Crippen LogP contribution is -2.41. The minimum Gasteiger partial charge on any atom is -0.486 e. The Kier molecular flexibility index (Phi) is 3.37. The van der Waals surface area contributed by atoms with Crippen LogP contribution in [-0.4, -0.2) is 25.9 Å². The predicted molar refractivity (Wildman–Crippen MR) is 72.6 cm³/mol. The van der Waals surface area contributed by atoms with Gasteiger partial charge in [-0.2, -0.15) is 0 Å². The minimum absolute atomic E-state index is 0.00727. The average Bonchev–Trinajstić information content (AvgIpc) is 2.42. The molecule has 3 rings (SSSR count). The molecule has 1 aromatic carbocycles. The third-order valence-corrected chi connectivity index (χ3v) is 4.28. The molecule has 1 unspecified atom stereocenters. The maximum atomic E-state index is 6.32. The van der Waals surface area contributed by atoms with Crippen molar-refractivity contribution in [2.45, 2.75) is 37.3 Å².